The molecular formula is C28H33FN6O3. The molecule has 5 heterocycles. The Balaban J connectivity index is 1.42. The number of amides is 1. The molecule has 38 heavy (non-hydrogen) atoms. The van der Waals surface area contributed by atoms with Gasteiger partial charge in [-0.15, -0.1) is 0 Å². The smallest absolute Gasteiger partial charge is 0.256 e. The average molecular weight is 521 g/mol. The quantitative estimate of drug-likeness (QED) is 0.419. The van der Waals surface area contributed by atoms with Gasteiger partial charge >= 0.3 is 0 Å². The monoisotopic (exact) mass is 520 g/mol. The first kappa shape index (κ1) is 24.8. The number of carbonyl (C=O) groups is 1. The number of aromatic nitrogens is 2. The van der Waals surface area contributed by atoms with Gasteiger partial charge in [-0.2, -0.15) is 0 Å². The van der Waals surface area contributed by atoms with E-state index in [9.17, 15) is 9.59 Å². The zero-order valence-corrected chi connectivity index (χ0v) is 21.9. The second-order valence-corrected chi connectivity index (χ2v) is 10.5. The maximum Gasteiger partial charge on any atom is 0.256 e. The number of hydrogen-bond acceptors (Lipinski definition) is 7. The number of hydrogen-bond donors (Lipinski definition) is 1. The molecule has 1 amide bonds. The first-order chi connectivity index (χ1) is 18.4. The number of nitrogens with one attached hydrogen (secondary N) is 1. The van der Waals surface area contributed by atoms with Crippen LogP contribution in [0.15, 0.2) is 35.4 Å². The standard InChI is InChI=1S/C28H33FN6O3/c1-18(2)33-12-14-34(15-13-33)24-21(29)16-19-23-26(24)38-22-6-5-7-30-27(22)35(23)17-20(25(19)36)28(37)31-8-11-32-9-3-4-10-32/h5-7,16-18H,3-4,8-15H2,1-2H3,(H,31,37). The van der Waals surface area contributed by atoms with Crippen LogP contribution in [0.25, 0.3) is 16.7 Å². The van der Waals surface area contributed by atoms with E-state index in [1.807, 2.05) is 4.90 Å². The molecule has 2 aromatic heterocycles. The second-order valence-electron chi connectivity index (χ2n) is 10.5. The molecule has 6 rings (SSSR count). The van der Waals surface area contributed by atoms with Gasteiger partial charge in [0.15, 0.2) is 23.1 Å². The van der Waals surface area contributed by atoms with Crippen molar-refractivity contribution in [1.29, 1.82) is 0 Å². The van der Waals surface area contributed by atoms with Crippen LogP contribution in [0.1, 0.15) is 37.0 Å². The Hall–Kier alpha value is -3.50. The number of anilines is 1. The number of fused-ring (bicyclic) bond motifs is 2. The van der Waals surface area contributed by atoms with Crippen LogP contribution in [-0.4, -0.2) is 83.7 Å². The summed E-state index contributed by atoms with van der Waals surface area (Å²) in [7, 11) is 0. The van der Waals surface area contributed by atoms with E-state index in [-0.39, 0.29) is 16.7 Å². The third-order valence-corrected chi connectivity index (χ3v) is 7.88. The Bertz CT molecular complexity index is 1440. The van der Waals surface area contributed by atoms with Gasteiger partial charge in [0.1, 0.15) is 16.8 Å². The van der Waals surface area contributed by atoms with Crippen LogP contribution in [0.4, 0.5) is 10.1 Å². The van der Waals surface area contributed by atoms with Crippen LogP contribution in [0.2, 0.25) is 0 Å². The van der Waals surface area contributed by atoms with E-state index >= 15 is 4.39 Å². The summed E-state index contributed by atoms with van der Waals surface area (Å²) in [4.78, 5) is 37.8. The lowest BCUT2D eigenvalue weighted by atomic mass is 10.1. The molecule has 3 aliphatic rings. The Morgan fingerprint density at radius 2 is 1.92 bits per heavy atom. The van der Waals surface area contributed by atoms with Crippen LogP contribution in [0.5, 0.6) is 11.5 Å². The molecule has 200 valence electrons. The number of rotatable bonds is 6. The van der Waals surface area contributed by atoms with Crippen molar-refractivity contribution in [2.24, 2.45) is 0 Å². The highest BCUT2D eigenvalue weighted by molar-refractivity contribution is 6.01. The molecule has 1 aromatic carbocycles. The molecule has 9 nitrogen and oxygen atoms in total. The lowest BCUT2D eigenvalue weighted by Gasteiger charge is -2.39. The first-order valence-corrected chi connectivity index (χ1v) is 13.5. The zero-order chi connectivity index (χ0) is 26.4. The summed E-state index contributed by atoms with van der Waals surface area (Å²) in [5.41, 5.74) is 0.208. The van der Waals surface area contributed by atoms with Gasteiger partial charge in [-0.25, -0.2) is 9.37 Å². The summed E-state index contributed by atoms with van der Waals surface area (Å²) in [6.07, 6.45) is 5.48. The Kier molecular flexibility index (Phi) is 6.53. The molecule has 3 aromatic rings. The van der Waals surface area contributed by atoms with Crippen molar-refractivity contribution < 1.29 is 13.9 Å². The van der Waals surface area contributed by atoms with Gasteiger partial charge in [-0.3, -0.25) is 19.1 Å². The molecule has 0 radical (unpaired) electrons. The Labute approximate surface area is 220 Å². The number of carbonyl (C=O) groups excluding carboxylic acids is 1. The molecular weight excluding hydrogens is 487 g/mol. The summed E-state index contributed by atoms with van der Waals surface area (Å²) in [6.45, 7) is 10.4. The minimum absolute atomic E-state index is 0.0407. The summed E-state index contributed by atoms with van der Waals surface area (Å²) in [6, 6.07) is 5.17. The number of halogens is 1. The van der Waals surface area contributed by atoms with Crippen molar-refractivity contribution in [1.82, 2.24) is 24.7 Å². The molecule has 2 fully saturated rings. The lowest BCUT2D eigenvalue weighted by Crippen LogP contribution is -2.49. The number of nitrogens with zero attached hydrogens (tertiary/aromatic N) is 5. The molecule has 2 saturated heterocycles. The van der Waals surface area contributed by atoms with Crippen molar-refractivity contribution in [3.8, 4) is 17.3 Å². The van der Waals surface area contributed by atoms with Crippen molar-refractivity contribution in [3.63, 3.8) is 0 Å². The molecule has 0 bridgehead atoms. The minimum Gasteiger partial charge on any atom is -0.449 e. The maximum atomic E-state index is 15.8. The van der Waals surface area contributed by atoms with Crippen molar-refractivity contribution in [3.05, 3.63) is 52.2 Å². The fraction of sp³-hybridized carbons (Fsp3) is 0.464. The van der Waals surface area contributed by atoms with E-state index in [4.69, 9.17) is 4.74 Å². The van der Waals surface area contributed by atoms with E-state index in [0.717, 1.165) is 32.7 Å². The SMILES string of the molecule is CC(C)N1CCN(c2c(F)cc3c(=O)c(C(=O)NCCN4CCCC4)cn4c3c2Oc2cccnc2-4)CC1. The van der Waals surface area contributed by atoms with E-state index in [0.29, 0.717) is 48.4 Å². The number of ether oxygens (including phenoxy) is 1. The lowest BCUT2D eigenvalue weighted by molar-refractivity contribution is 0.0948. The van der Waals surface area contributed by atoms with Gasteiger partial charge in [-0.1, -0.05) is 0 Å². The predicted molar refractivity (Wildman–Crippen MR) is 144 cm³/mol. The van der Waals surface area contributed by atoms with Crippen molar-refractivity contribution >= 4 is 22.5 Å². The highest BCUT2D eigenvalue weighted by Crippen LogP contribution is 2.46. The highest BCUT2D eigenvalue weighted by Gasteiger charge is 2.32. The Morgan fingerprint density at radius 3 is 2.66 bits per heavy atom. The van der Waals surface area contributed by atoms with E-state index in [1.165, 1.54) is 25.1 Å². The summed E-state index contributed by atoms with van der Waals surface area (Å²) >= 11 is 0. The van der Waals surface area contributed by atoms with Gasteiger partial charge in [-0.05, 0) is 58.0 Å². The van der Waals surface area contributed by atoms with Gasteiger partial charge in [0.25, 0.3) is 5.91 Å². The van der Waals surface area contributed by atoms with Crippen LogP contribution in [-0.2, 0) is 0 Å². The first-order valence-electron chi connectivity index (χ1n) is 13.5. The molecule has 0 unspecified atom stereocenters. The largest absolute Gasteiger partial charge is 0.449 e. The third kappa shape index (κ3) is 4.31. The zero-order valence-electron chi connectivity index (χ0n) is 21.9. The number of pyridine rings is 2. The van der Waals surface area contributed by atoms with Crippen LogP contribution >= 0.6 is 0 Å². The third-order valence-electron chi connectivity index (χ3n) is 7.88. The van der Waals surface area contributed by atoms with Crippen LogP contribution in [0.3, 0.4) is 0 Å². The van der Waals surface area contributed by atoms with Crippen molar-refractivity contribution in [2.75, 3.05) is 57.3 Å². The van der Waals surface area contributed by atoms with Crippen LogP contribution in [0, 0.1) is 5.82 Å². The number of likely N-dealkylation sites (tertiary alicyclic amines) is 1. The molecule has 0 atom stereocenters. The van der Waals surface area contributed by atoms with Gasteiger partial charge in [0, 0.05) is 57.7 Å². The summed E-state index contributed by atoms with van der Waals surface area (Å²) in [5.74, 6) is 0.181. The molecule has 1 N–H and O–H groups in total. The van der Waals surface area contributed by atoms with Crippen molar-refractivity contribution in [2.45, 2.75) is 32.7 Å². The minimum atomic E-state index is -0.534. The molecule has 0 aliphatic carbocycles. The number of benzene rings is 1. The van der Waals surface area contributed by atoms with Gasteiger partial charge in [0.2, 0.25) is 5.43 Å². The fourth-order valence-electron chi connectivity index (χ4n) is 5.78. The van der Waals surface area contributed by atoms with E-state index in [1.54, 1.807) is 22.9 Å². The molecule has 0 spiro atoms. The second kappa shape index (κ2) is 9.99. The molecule has 10 heteroatoms. The van der Waals surface area contributed by atoms with Gasteiger partial charge in [0.05, 0.1) is 5.39 Å². The van der Waals surface area contributed by atoms with Crippen LogP contribution < -0.4 is 20.4 Å². The Morgan fingerprint density at radius 1 is 1.16 bits per heavy atom. The normalized spacial score (nSPS) is 17.6. The maximum absolute atomic E-state index is 15.8. The number of piperazine rings is 1. The topological polar surface area (TPSA) is 82.9 Å². The highest BCUT2D eigenvalue weighted by atomic mass is 19.1. The van der Waals surface area contributed by atoms with E-state index in [2.05, 4.69) is 33.9 Å². The molecule has 0 saturated carbocycles. The van der Waals surface area contributed by atoms with E-state index < -0.39 is 17.2 Å². The predicted octanol–water partition coefficient (Wildman–Crippen LogP) is 2.99. The average Bonchev–Trinajstić information content (AvgIpc) is 3.43. The summed E-state index contributed by atoms with van der Waals surface area (Å²) in [5, 5.41) is 2.98. The summed E-state index contributed by atoms with van der Waals surface area (Å²) < 4.78 is 23.8. The molecule has 3 aliphatic heterocycles. The van der Waals surface area contributed by atoms with Gasteiger partial charge < -0.3 is 19.9 Å². The fourth-order valence-corrected chi connectivity index (χ4v) is 5.78.